The third-order valence-corrected chi connectivity index (χ3v) is 9.08. The van der Waals surface area contributed by atoms with E-state index in [9.17, 15) is 4.39 Å². The lowest BCUT2D eigenvalue weighted by Crippen LogP contribution is -2.41. The van der Waals surface area contributed by atoms with Crippen LogP contribution < -0.4 is 14.4 Å². The number of ether oxygens (including phenoxy) is 3. The quantitative estimate of drug-likeness (QED) is 0.188. The number of likely N-dealkylation sites (N-methyl/N-ethyl adjacent to an activating group) is 1. The van der Waals surface area contributed by atoms with Gasteiger partial charge in [0.25, 0.3) is 0 Å². The zero-order chi connectivity index (χ0) is 30.4. The highest BCUT2D eigenvalue weighted by molar-refractivity contribution is 6.36. The van der Waals surface area contributed by atoms with Gasteiger partial charge in [0.2, 0.25) is 5.95 Å². The van der Waals surface area contributed by atoms with E-state index in [1.807, 2.05) is 53.1 Å². The first-order valence-electron chi connectivity index (χ1n) is 14.8. The van der Waals surface area contributed by atoms with Crippen LogP contribution >= 0.6 is 11.6 Å². The number of anilines is 1. The highest BCUT2D eigenvalue weighted by Gasteiger charge is 2.29. The van der Waals surface area contributed by atoms with Gasteiger partial charge < -0.3 is 28.6 Å². The molecule has 228 valence electrons. The molecular weight excluding hydrogens is 583 g/mol. The minimum absolute atomic E-state index is 0.0417. The summed E-state index contributed by atoms with van der Waals surface area (Å²) in [6.45, 7) is 4.72. The zero-order valence-electron chi connectivity index (χ0n) is 25.0. The minimum Gasteiger partial charge on any atom is -0.468 e. The fraction of sp³-hybridized carbons (Fsp3) is 0.364. The third kappa shape index (κ3) is 5.31. The highest BCUT2D eigenvalue weighted by atomic mass is 35.5. The van der Waals surface area contributed by atoms with E-state index < -0.39 is 5.95 Å². The van der Waals surface area contributed by atoms with Crippen LogP contribution in [0.25, 0.3) is 32.8 Å². The molecule has 1 fully saturated rings. The lowest BCUT2D eigenvalue weighted by Gasteiger charge is -2.35. The molecule has 0 N–H and O–H groups in total. The van der Waals surface area contributed by atoms with Crippen LogP contribution in [0.4, 0.5) is 10.2 Å². The zero-order valence-corrected chi connectivity index (χ0v) is 25.7. The molecule has 0 aliphatic carbocycles. The van der Waals surface area contributed by atoms with Crippen molar-refractivity contribution in [2.45, 2.75) is 44.9 Å². The van der Waals surface area contributed by atoms with Crippen molar-refractivity contribution in [1.82, 2.24) is 24.4 Å². The van der Waals surface area contributed by atoms with E-state index in [0.717, 1.165) is 52.2 Å². The topological polar surface area (TPSA) is 77.8 Å². The fourth-order valence-corrected chi connectivity index (χ4v) is 6.66. The summed E-state index contributed by atoms with van der Waals surface area (Å²) in [6, 6.07) is 16.5. The van der Waals surface area contributed by atoms with Crippen LogP contribution in [-0.2, 0) is 17.8 Å². The van der Waals surface area contributed by atoms with Crippen LogP contribution in [0.1, 0.15) is 25.5 Å². The molecule has 0 radical (unpaired) electrons. The highest BCUT2D eigenvalue weighted by Crippen LogP contribution is 2.40. The molecular formula is C33H34ClFN6O3. The molecule has 7 rings (SSSR count). The molecule has 11 heteroatoms. The Bertz CT molecular complexity index is 1850. The Morgan fingerprint density at radius 3 is 2.80 bits per heavy atom. The minimum atomic E-state index is -0.456. The van der Waals surface area contributed by atoms with E-state index in [2.05, 4.69) is 28.8 Å². The predicted octanol–water partition coefficient (Wildman–Crippen LogP) is 6.30. The molecule has 0 unspecified atom stereocenters. The molecule has 44 heavy (non-hydrogen) atoms. The van der Waals surface area contributed by atoms with Crippen LogP contribution in [-0.4, -0.2) is 70.6 Å². The summed E-state index contributed by atoms with van der Waals surface area (Å²) in [5.41, 5.74) is 3.09. The molecule has 2 aliphatic rings. The van der Waals surface area contributed by atoms with Crippen LogP contribution in [0.3, 0.4) is 0 Å². The Hall–Kier alpha value is -3.99. The second-order valence-electron chi connectivity index (χ2n) is 11.6. The molecule has 0 spiro atoms. The first-order chi connectivity index (χ1) is 21.4. The molecule has 2 aliphatic heterocycles. The van der Waals surface area contributed by atoms with E-state index >= 15 is 0 Å². The summed E-state index contributed by atoms with van der Waals surface area (Å²) in [7, 11) is 3.71. The Balaban J connectivity index is 1.35. The Morgan fingerprint density at radius 2 is 1.98 bits per heavy atom. The summed E-state index contributed by atoms with van der Waals surface area (Å²) in [5.74, 6) is 0.920. The molecule has 3 aromatic carbocycles. The van der Waals surface area contributed by atoms with E-state index in [-0.39, 0.29) is 12.8 Å². The summed E-state index contributed by atoms with van der Waals surface area (Å²) >= 11 is 6.76. The SMILES string of the molecule is COCOc1cc(-c2ccc3c(N4Cc5c(F)ncn5C[C@H]4C)nc(OC[C@@H]4CCCN4C)nc3c2)c2c(Cl)cccc2c1. The molecule has 0 saturated carbocycles. The third-order valence-electron chi connectivity index (χ3n) is 8.77. The van der Waals surface area contributed by atoms with Crippen molar-refractivity contribution in [1.29, 1.82) is 0 Å². The lowest BCUT2D eigenvalue weighted by molar-refractivity contribution is 0.0512. The van der Waals surface area contributed by atoms with Crippen LogP contribution in [0.15, 0.2) is 54.9 Å². The van der Waals surface area contributed by atoms with Crippen LogP contribution in [0.2, 0.25) is 5.02 Å². The van der Waals surface area contributed by atoms with Gasteiger partial charge in [-0.05, 0) is 80.2 Å². The van der Waals surface area contributed by atoms with Gasteiger partial charge in [-0.25, -0.2) is 4.98 Å². The Labute approximate surface area is 260 Å². The number of benzene rings is 3. The maximum absolute atomic E-state index is 14.6. The number of hydrogen-bond acceptors (Lipinski definition) is 8. The monoisotopic (exact) mass is 616 g/mol. The van der Waals surface area contributed by atoms with Gasteiger partial charge in [0, 0.05) is 41.5 Å². The van der Waals surface area contributed by atoms with Crippen molar-refractivity contribution in [3.8, 4) is 22.9 Å². The molecule has 9 nitrogen and oxygen atoms in total. The van der Waals surface area contributed by atoms with Crippen molar-refractivity contribution in [2.24, 2.45) is 0 Å². The number of likely N-dealkylation sites (tertiary alicyclic amines) is 1. The predicted molar refractivity (Wildman–Crippen MR) is 169 cm³/mol. The maximum atomic E-state index is 14.6. The smallest absolute Gasteiger partial charge is 0.319 e. The Morgan fingerprint density at radius 1 is 1.09 bits per heavy atom. The molecule has 0 amide bonds. The van der Waals surface area contributed by atoms with Crippen LogP contribution in [0, 0.1) is 5.95 Å². The van der Waals surface area contributed by atoms with Gasteiger partial charge in [-0.3, -0.25) is 0 Å². The van der Waals surface area contributed by atoms with Crippen molar-refractivity contribution in [3.63, 3.8) is 0 Å². The largest absolute Gasteiger partial charge is 0.468 e. The number of imidazole rings is 1. The maximum Gasteiger partial charge on any atom is 0.319 e. The number of aromatic nitrogens is 4. The summed E-state index contributed by atoms with van der Waals surface area (Å²) in [6.07, 6.45) is 3.78. The van der Waals surface area contributed by atoms with Gasteiger partial charge in [-0.1, -0.05) is 29.8 Å². The van der Waals surface area contributed by atoms with Gasteiger partial charge in [0.15, 0.2) is 6.79 Å². The van der Waals surface area contributed by atoms with E-state index in [0.29, 0.717) is 54.0 Å². The number of hydrogen-bond donors (Lipinski definition) is 0. The summed E-state index contributed by atoms with van der Waals surface area (Å²) in [5, 5.41) is 3.36. The molecule has 4 heterocycles. The first kappa shape index (κ1) is 28.8. The first-order valence-corrected chi connectivity index (χ1v) is 15.2. The lowest BCUT2D eigenvalue weighted by atomic mass is 9.96. The second-order valence-corrected chi connectivity index (χ2v) is 12.0. The molecule has 2 aromatic heterocycles. The van der Waals surface area contributed by atoms with Crippen molar-refractivity contribution >= 4 is 39.1 Å². The van der Waals surface area contributed by atoms with E-state index in [1.165, 1.54) is 0 Å². The molecule has 1 saturated heterocycles. The van der Waals surface area contributed by atoms with E-state index in [4.69, 9.17) is 35.8 Å². The second kappa shape index (κ2) is 11.8. The van der Waals surface area contributed by atoms with Gasteiger partial charge in [0.05, 0.1) is 24.1 Å². The summed E-state index contributed by atoms with van der Waals surface area (Å²) < 4.78 is 33.8. The van der Waals surface area contributed by atoms with Gasteiger partial charge in [-0.15, -0.1) is 0 Å². The number of fused-ring (bicyclic) bond motifs is 3. The number of methoxy groups -OCH3 is 1. The number of halogens is 2. The van der Waals surface area contributed by atoms with Crippen molar-refractivity contribution in [2.75, 3.05) is 39.0 Å². The standard InChI is InChI=1S/C33H34ClFN6O3/c1-20-15-40-18-36-31(35)29(40)16-41(20)32-25-10-9-21(13-28(25)37-33(38-32)43-17-23-7-5-11-39(23)2)26-14-24(44-19-42-3)12-22-6-4-8-27(34)30(22)26/h4,6,8-10,12-14,18,20,23H,5,7,11,15-17,19H2,1-3H3/t20-,23+/m1/s1. The summed E-state index contributed by atoms with van der Waals surface area (Å²) in [4.78, 5) is 18.2. The Kier molecular flexibility index (Phi) is 7.74. The molecule has 0 bridgehead atoms. The average molecular weight is 617 g/mol. The van der Waals surface area contributed by atoms with Gasteiger partial charge in [0.1, 0.15) is 18.2 Å². The number of nitrogens with zero attached hydrogens (tertiary/aromatic N) is 6. The molecule has 5 aromatic rings. The van der Waals surface area contributed by atoms with Crippen LogP contribution in [0.5, 0.6) is 11.8 Å². The van der Waals surface area contributed by atoms with Gasteiger partial charge in [-0.2, -0.15) is 14.4 Å². The van der Waals surface area contributed by atoms with E-state index in [1.54, 1.807) is 13.4 Å². The average Bonchev–Trinajstić information content (AvgIpc) is 3.61. The normalized spacial score (nSPS) is 18.7. The fourth-order valence-electron chi connectivity index (χ4n) is 6.38. The van der Waals surface area contributed by atoms with Crippen molar-refractivity contribution < 1.29 is 18.6 Å². The van der Waals surface area contributed by atoms with Crippen molar-refractivity contribution in [3.05, 3.63) is 71.5 Å². The molecule has 2 atom stereocenters. The van der Waals surface area contributed by atoms with Gasteiger partial charge >= 0.3 is 6.01 Å². The number of rotatable bonds is 8.